The number of aryl methyl sites for hydroxylation is 2. The van der Waals surface area contributed by atoms with Gasteiger partial charge in [-0.05, 0) is 59.1 Å². The second-order valence-corrected chi connectivity index (χ2v) is 7.88. The lowest BCUT2D eigenvalue weighted by Crippen LogP contribution is -2.18. The van der Waals surface area contributed by atoms with Gasteiger partial charge in [0.25, 0.3) is 0 Å². The molecule has 0 unspecified atom stereocenters. The number of aromatic nitrogens is 2. The number of esters is 2. The fraction of sp³-hybridized carbons (Fsp3) is 0.522. The van der Waals surface area contributed by atoms with Crippen molar-refractivity contribution in [2.75, 3.05) is 19.8 Å². The lowest BCUT2D eigenvalue weighted by Gasteiger charge is -2.14. The van der Waals surface area contributed by atoms with E-state index >= 15 is 0 Å². The first-order valence-corrected chi connectivity index (χ1v) is 10.6. The molecule has 0 spiro atoms. The Morgan fingerprint density at radius 1 is 1.16 bits per heavy atom. The average Bonchev–Trinajstić information content (AvgIpc) is 3.41. The number of nitrogens with one attached hydrogen (secondary N) is 1. The number of ether oxygens (including phenoxy) is 3. The van der Waals surface area contributed by atoms with E-state index in [2.05, 4.69) is 9.55 Å². The van der Waals surface area contributed by atoms with Crippen LogP contribution in [0.5, 0.6) is 0 Å². The van der Waals surface area contributed by atoms with Crippen LogP contribution in [0.15, 0.2) is 6.07 Å². The second-order valence-electron chi connectivity index (χ2n) is 7.88. The first-order valence-electron chi connectivity index (χ1n) is 10.6. The first kappa shape index (κ1) is 22.8. The highest BCUT2D eigenvalue weighted by Crippen LogP contribution is 2.22. The number of carbonyl (C=O) groups excluding carboxylic acids is 3. The summed E-state index contributed by atoms with van der Waals surface area (Å²) in [6.07, 6.45) is 2.24. The predicted molar refractivity (Wildman–Crippen MR) is 114 cm³/mol. The summed E-state index contributed by atoms with van der Waals surface area (Å²) in [6, 6.07) is 1.82. The number of aromatic amines is 1. The van der Waals surface area contributed by atoms with E-state index in [1.165, 1.54) is 0 Å². The SMILES string of the molecule is CCOC(=O)c1c(C)[nH]c(C(=O)OCC(=O)c2cc(C)n(C[C@@H]3CCCO3)c2C)c1C. The van der Waals surface area contributed by atoms with Crippen LogP contribution >= 0.6 is 0 Å². The molecule has 1 aliphatic heterocycles. The second kappa shape index (κ2) is 9.51. The summed E-state index contributed by atoms with van der Waals surface area (Å²) < 4.78 is 18.1. The monoisotopic (exact) mass is 430 g/mol. The zero-order chi connectivity index (χ0) is 22.7. The molecule has 1 atom stereocenters. The largest absolute Gasteiger partial charge is 0.462 e. The minimum Gasteiger partial charge on any atom is -0.462 e. The van der Waals surface area contributed by atoms with Crippen molar-refractivity contribution in [3.8, 4) is 0 Å². The normalized spacial score (nSPS) is 15.8. The zero-order valence-corrected chi connectivity index (χ0v) is 18.8. The van der Waals surface area contributed by atoms with Crippen LogP contribution in [0.25, 0.3) is 0 Å². The number of rotatable bonds is 8. The van der Waals surface area contributed by atoms with Gasteiger partial charge in [0.05, 0.1) is 18.3 Å². The zero-order valence-electron chi connectivity index (χ0n) is 18.8. The standard InChI is InChI=1S/C23H30N2O6/c1-6-29-22(27)20-14(3)21(24-15(20)4)23(28)31-12-19(26)18-10-13(2)25(16(18)5)11-17-8-7-9-30-17/h10,17,24H,6-9,11-12H2,1-5H3/t17-/m0/s1. The minimum absolute atomic E-state index is 0.150. The van der Waals surface area contributed by atoms with Crippen LogP contribution in [0.2, 0.25) is 0 Å². The molecule has 1 aliphatic rings. The molecule has 31 heavy (non-hydrogen) atoms. The van der Waals surface area contributed by atoms with Gasteiger partial charge in [0.15, 0.2) is 6.61 Å². The summed E-state index contributed by atoms with van der Waals surface area (Å²) in [5.74, 6) is -1.45. The van der Waals surface area contributed by atoms with Crippen LogP contribution in [-0.4, -0.2) is 53.2 Å². The molecule has 3 heterocycles. The highest BCUT2D eigenvalue weighted by Gasteiger charge is 2.25. The van der Waals surface area contributed by atoms with Crippen molar-refractivity contribution in [2.24, 2.45) is 0 Å². The molecule has 0 saturated carbocycles. The highest BCUT2D eigenvalue weighted by atomic mass is 16.5. The fourth-order valence-corrected chi connectivity index (χ4v) is 4.10. The molecule has 1 fully saturated rings. The predicted octanol–water partition coefficient (Wildman–Crippen LogP) is 3.45. The van der Waals surface area contributed by atoms with Crippen LogP contribution in [0.4, 0.5) is 0 Å². The Morgan fingerprint density at radius 3 is 2.55 bits per heavy atom. The molecule has 168 valence electrons. The Hall–Kier alpha value is -2.87. The van der Waals surface area contributed by atoms with Crippen molar-refractivity contribution in [1.82, 2.24) is 9.55 Å². The van der Waals surface area contributed by atoms with E-state index < -0.39 is 11.9 Å². The van der Waals surface area contributed by atoms with E-state index in [9.17, 15) is 14.4 Å². The van der Waals surface area contributed by atoms with Crippen molar-refractivity contribution in [1.29, 1.82) is 0 Å². The van der Waals surface area contributed by atoms with Crippen LogP contribution in [0.1, 0.15) is 73.6 Å². The van der Waals surface area contributed by atoms with E-state index in [-0.39, 0.29) is 30.8 Å². The Bertz CT molecular complexity index is 994. The third kappa shape index (κ3) is 4.74. The topological polar surface area (TPSA) is 99.6 Å². The molecule has 1 saturated heterocycles. The number of H-pyrrole nitrogens is 1. The smallest absolute Gasteiger partial charge is 0.355 e. The lowest BCUT2D eigenvalue weighted by atomic mass is 10.1. The molecular formula is C23H30N2O6. The maximum absolute atomic E-state index is 12.7. The number of Topliss-reactive ketones (excluding diaryl/α,β-unsaturated/α-hetero) is 1. The third-order valence-corrected chi connectivity index (χ3v) is 5.74. The van der Waals surface area contributed by atoms with Gasteiger partial charge in [0.2, 0.25) is 5.78 Å². The van der Waals surface area contributed by atoms with E-state index in [0.717, 1.165) is 30.8 Å². The van der Waals surface area contributed by atoms with Crippen LogP contribution < -0.4 is 0 Å². The van der Waals surface area contributed by atoms with Crippen molar-refractivity contribution >= 4 is 17.7 Å². The Kier molecular flexibility index (Phi) is 7.00. The summed E-state index contributed by atoms with van der Waals surface area (Å²) >= 11 is 0. The molecule has 0 aromatic carbocycles. The summed E-state index contributed by atoms with van der Waals surface area (Å²) in [4.78, 5) is 40.3. The fourth-order valence-electron chi connectivity index (χ4n) is 4.10. The number of hydrogen-bond acceptors (Lipinski definition) is 6. The lowest BCUT2D eigenvalue weighted by molar-refractivity contribution is 0.0468. The third-order valence-electron chi connectivity index (χ3n) is 5.74. The molecule has 1 N–H and O–H groups in total. The van der Waals surface area contributed by atoms with Gasteiger partial charge in [0, 0.05) is 35.8 Å². The van der Waals surface area contributed by atoms with E-state index in [1.54, 1.807) is 20.8 Å². The van der Waals surface area contributed by atoms with Gasteiger partial charge in [-0.2, -0.15) is 0 Å². The quantitative estimate of drug-likeness (QED) is 0.509. The molecule has 2 aromatic heterocycles. The Balaban J connectivity index is 1.68. The van der Waals surface area contributed by atoms with Crippen LogP contribution in [0.3, 0.4) is 0 Å². The summed E-state index contributed by atoms with van der Waals surface area (Å²) in [7, 11) is 0. The molecule has 2 aromatic rings. The van der Waals surface area contributed by atoms with Gasteiger partial charge in [0.1, 0.15) is 5.69 Å². The maximum Gasteiger partial charge on any atom is 0.355 e. The first-order chi connectivity index (χ1) is 14.7. The molecule has 0 bridgehead atoms. The van der Waals surface area contributed by atoms with Crippen LogP contribution in [0, 0.1) is 27.7 Å². The van der Waals surface area contributed by atoms with E-state index in [4.69, 9.17) is 14.2 Å². The molecular weight excluding hydrogens is 400 g/mol. The summed E-state index contributed by atoms with van der Waals surface area (Å²) in [6.45, 7) is 10.2. The molecule has 8 nitrogen and oxygen atoms in total. The maximum atomic E-state index is 12.7. The molecule has 0 aliphatic carbocycles. The van der Waals surface area contributed by atoms with Crippen molar-refractivity contribution in [2.45, 2.75) is 60.1 Å². The molecule has 8 heteroatoms. The van der Waals surface area contributed by atoms with Gasteiger partial charge in [-0.25, -0.2) is 9.59 Å². The molecule has 0 amide bonds. The van der Waals surface area contributed by atoms with Gasteiger partial charge in [-0.3, -0.25) is 4.79 Å². The number of hydrogen-bond donors (Lipinski definition) is 1. The molecule has 0 radical (unpaired) electrons. The summed E-state index contributed by atoms with van der Waals surface area (Å²) in [5, 5.41) is 0. The number of nitrogens with zero attached hydrogens (tertiary/aromatic N) is 1. The highest BCUT2D eigenvalue weighted by molar-refractivity contribution is 6.02. The number of ketones is 1. The van der Waals surface area contributed by atoms with Crippen molar-refractivity contribution < 1.29 is 28.6 Å². The van der Waals surface area contributed by atoms with E-state index in [1.807, 2.05) is 19.9 Å². The average molecular weight is 431 g/mol. The number of carbonyl (C=O) groups is 3. The van der Waals surface area contributed by atoms with Gasteiger partial charge in [-0.15, -0.1) is 0 Å². The summed E-state index contributed by atoms with van der Waals surface area (Å²) in [5.41, 5.74) is 3.78. The Morgan fingerprint density at radius 2 is 1.90 bits per heavy atom. The van der Waals surface area contributed by atoms with E-state index in [0.29, 0.717) is 28.9 Å². The Labute approximate surface area is 181 Å². The molecule has 3 rings (SSSR count). The van der Waals surface area contributed by atoms with Gasteiger partial charge < -0.3 is 23.8 Å². The minimum atomic E-state index is -0.683. The van der Waals surface area contributed by atoms with Crippen LogP contribution in [-0.2, 0) is 20.8 Å². The van der Waals surface area contributed by atoms with Gasteiger partial charge >= 0.3 is 11.9 Å². The van der Waals surface area contributed by atoms with Crippen molar-refractivity contribution in [3.05, 3.63) is 45.5 Å². The van der Waals surface area contributed by atoms with Gasteiger partial charge in [-0.1, -0.05) is 0 Å². The van der Waals surface area contributed by atoms with Crippen molar-refractivity contribution in [3.63, 3.8) is 0 Å².